The van der Waals surface area contributed by atoms with Crippen molar-refractivity contribution in [2.75, 3.05) is 22.9 Å². The van der Waals surface area contributed by atoms with Crippen molar-refractivity contribution in [3.8, 4) is 0 Å². The van der Waals surface area contributed by atoms with Crippen molar-refractivity contribution in [1.82, 2.24) is 15.0 Å². The minimum atomic E-state index is -3.54. The van der Waals surface area contributed by atoms with E-state index in [0.717, 1.165) is 24.7 Å². The van der Waals surface area contributed by atoms with Crippen molar-refractivity contribution < 1.29 is 13.5 Å². The maximum Gasteiger partial charge on any atom is 0.242 e. The highest BCUT2D eigenvalue weighted by atomic mass is 32.2. The fraction of sp³-hybridized carbons (Fsp3) is 0.526. The zero-order valence-electron chi connectivity index (χ0n) is 17.2. The Morgan fingerprint density at radius 1 is 1.10 bits per heavy atom. The van der Waals surface area contributed by atoms with Gasteiger partial charge in [-0.25, -0.2) is 8.42 Å². The summed E-state index contributed by atoms with van der Waals surface area (Å²) in [6, 6.07) is 9.77. The van der Waals surface area contributed by atoms with Crippen LogP contribution in [0.2, 0.25) is 0 Å². The van der Waals surface area contributed by atoms with Crippen LogP contribution in [0, 0.1) is 5.92 Å². The first-order valence-corrected chi connectivity index (χ1v) is 12.3. The molecule has 0 bridgehead atoms. The molecule has 0 spiro atoms. The van der Waals surface area contributed by atoms with Gasteiger partial charge in [-0.1, -0.05) is 62.9 Å². The Bertz CT molecular complexity index is 879. The van der Waals surface area contributed by atoms with Crippen LogP contribution in [0.5, 0.6) is 0 Å². The Labute approximate surface area is 177 Å². The molecule has 1 aromatic heterocycles. The summed E-state index contributed by atoms with van der Waals surface area (Å²) >= 11 is 1.45. The molecule has 8 nitrogen and oxygen atoms in total. The van der Waals surface area contributed by atoms with Gasteiger partial charge in [-0.15, -0.1) is 0 Å². The van der Waals surface area contributed by atoms with E-state index in [9.17, 15) is 13.5 Å². The third kappa shape index (κ3) is 8.15. The lowest BCUT2D eigenvalue weighted by atomic mass is 10.0. The third-order valence-electron chi connectivity index (χ3n) is 3.99. The lowest BCUT2D eigenvalue weighted by Crippen LogP contribution is -2.27. The Morgan fingerprint density at radius 3 is 2.31 bits per heavy atom. The molecule has 29 heavy (non-hydrogen) atoms. The molecule has 0 amide bonds. The third-order valence-corrected chi connectivity index (χ3v) is 5.83. The molecule has 2 atom stereocenters. The standard InChI is InChI=1S/C19H29N5O3S2/c1-5-16(14-9-7-6-8-10-14)28-19-22-17(20-15(12-25)11-13(2)3)21-18(23-19)24-29(4,26)27/h6-10,13,15-16,25H,5,11-12H2,1-4H3,(H2,20,21,22,23,24)/t15-,16?/m1/s1. The molecule has 0 fully saturated rings. The summed E-state index contributed by atoms with van der Waals surface area (Å²) in [4.78, 5) is 12.9. The minimum absolute atomic E-state index is 0.0448. The number of benzene rings is 1. The predicted molar refractivity (Wildman–Crippen MR) is 118 cm³/mol. The molecule has 2 aromatic rings. The van der Waals surface area contributed by atoms with Gasteiger partial charge in [0, 0.05) is 5.25 Å². The molecule has 3 N–H and O–H groups in total. The number of aliphatic hydroxyl groups excluding tert-OH is 1. The van der Waals surface area contributed by atoms with Gasteiger partial charge in [0.15, 0.2) is 5.16 Å². The summed E-state index contributed by atoms with van der Waals surface area (Å²) in [6.45, 7) is 6.11. The second-order valence-corrected chi connectivity index (χ2v) is 10.1. The largest absolute Gasteiger partial charge is 0.394 e. The Balaban J connectivity index is 2.33. The number of aromatic nitrogens is 3. The van der Waals surface area contributed by atoms with Gasteiger partial charge in [0.1, 0.15) is 0 Å². The summed E-state index contributed by atoms with van der Waals surface area (Å²) < 4.78 is 25.7. The van der Waals surface area contributed by atoms with E-state index in [-0.39, 0.29) is 29.8 Å². The molecule has 0 aliphatic carbocycles. The monoisotopic (exact) mass is 439 g/mol. The van der Waals surface area contributed by atoms with Crippen molar-refractivity contribution >= 4 is 33.7 Å². The van der Waals surface area contributed by atoms with Crippen molar-refractivity contribution in [3.05, 3.63) is 35.9 Å². The number of nitrogens with zero attached hydrogens (tertiary/aromatic N) is 3. The molecule has 10 heteroatoms. The molecule has 0 aliphatic rings. The number of anilines is 2. The highest BCUT2D eigenvalue weighted by molar-refractivity contribution is 7.99. The van der Waals surface area contributed by atoms with E-state index >= 15 is 0 Å². The molecule has 0 saturated heterocycles. The minimum Gasteiger partial charge on any atom is -0.394 e. The van der Waals surface area contributed by atoms with Crippen LogP contribution in [-0.4, -0.2) is 47.4 Å². The average molecular weight is 440 g/mol. The number of hydrogen-bond acceptors (Lipinski definition) is 8. The van der Waals surface area contributed by atoms with E-state index < -0.39 is 10.0 Å². The number of aliphatic hydroxyl groups is 1. The van der Waals surface area contributed by atoms with Gasteiger partial charge in [-0.3, -0.25) is 4.72 Å². The van der Waals surface area contributed by atoms with Crippen molar-refractivity contribution in [2.24, 2.45) is 5.92 Å². The normalized spacial score (nSPS) is 13.9. The molecule has 1 unspecified atom stereocenters. The summed E-state index contributed by atoms with van der Waals surface area (Å²) in [5.74, 6) is 0.555. The Morgan fingerprint density at radius 2 is 1.76 bits per heavy atom. The molecular formula is C19H29N5O3S2. The van der Waals surface area contributed by atoms with Crippen LogP contribution in [-0.2, 0) is 10.0 Å². The zero-order chi connectivity index (χ0) is 21.4. The van der Waals surface area contributed by atoms with Crippen molar-refractivity contribution in [1.29, 1.82) is 0 Å². The lowest BCUT2D eigenvalue weighted by molar-refractivity contribution is 0.259. The fourth-order valence-electron chi connectivity index (χ4n) is 2.80. The first-order valence-electron chi connectivity index (χ1n) is 9.53. The Hall–Kier alpha value is -1.91. The SMILES string of the molecule is CCC(Sc1nc(N[C@@H](CO)CC(C)C)nc(NS(C)(=O)=O)n1)c1ccccc1. The van der Waals surface area contributed by atoms with Crippen LogP contribution < -0.4 is 10.0 Å². The molecule has 1 heterocycles. The molecule has 2 rings (SSSR count). The number of hydrogen-bond donors (Lipinski definition) is 3. The second-order valence-electron chi connectivity index (χ2n) is 7.22. The molecule has 0 radical (unpaired) electrons. The maximum absolute atomic E-state index is 11.7. The van der Waals surface area contributed by atoms with Gasteiger partial charge < -0.3 is 10.4 Å². The van der Waals surface area contributed by atoms with Gasteiger partial charge in [0.2, 0.25) is 21.9 Å². The van der Waals surface area contributed by atoms with Crippen molar-refractivity contribution in [3.63, 3.8) is 0 Å². The molecule has 0 aliphatic heterocycles. The second kappa shape index (κ2) is 10.7. The predicted octanol–water partition coefficient (Wildman–Crippen LogP) is 3.31. The van der Waals surface area contributed by atoms with E-state index in [2.05, 4.69) is 45.8 Å². The number of sulfonamides is 1. The smallest absolute Gasteiger partial charge is 0.242 e. The van der Waals surface area contributed by atoms with E-state index in [1.54, 1.807) is 0 Å². The molecule has 0 saturated carbocycles. The summed E-state index contributed by atoms with van der Waals surface area (Å²) in [6.07, 6.45) is 2.62. The van der Waals surface area contributed by atoms with Gasteiger partial charge in [0.25, 0.3) is 0 Å². The van der Waals surface area contributed by atoms with Gasteiger partial charge in [0.05, 0.1) is 18.9 Å². The van der Waals surface area contributed by atoms with Crippen LogP contribution in [0.25, 0.3) is 0 Å². The average Bonchev–Trinajstić information content (AvgIpc) is 2.64. The lowest BCUT2D eigenvalue weighted by Gasteiger charge is -2.19. The number of rotatable bonds is 11. The highest BCUT2D eigenvalue weighted by Gasteiger charge is 2.18. The van der Waals surface area contributed by atoms with Crippen LogP contribution >= 0.6 is 11.8 Å². The van der Waals surface area contributed by atoms with Crippen LogP contribution in [0.4, 0.5) is 11.9 Å². The van der Waals surface area contributed by atoms with E-state index in [1.807, 2.05) is 30.3 Å². The van der Waals surface area contributed by atoms with Gasteiger partial charge in [-0.2, -0.15) is 15.0 Å². The summed E-state index contributed by atoms with van der Waals surface area (Å²) in [5.41, 5.74) is 1.14. The van der Waals surface area contributed by atoms with Crippen molar-refractivity contribution in [2.45, 2.75) is 50.1 Å². The topological polar surface area (TPSA) is 117 Å². The molecule has 1 aromatic carbocycles. The fourth-order valence-corrected chi connectivity index (χ4v) is 4.21. The van der Waals surface area contributed by atoms with Gasteiger partial charge in [-0.05, 0) is 24.3 Å². The first-order chi connectivity index (χ1) is 13.7. The van der Waals surface area contributed by atoms with Gasteiger partial charge >= 0.3 is 0 Å². The first kappa shape index (κ1) is 23.4. The van der Waals surface area contributed by atoms with Crippen LogP contribution in [0.1, 0.15) is 44.4 Å². The number of thioether (sulfide) groups is 1. The van der Waals surface area contributed by atoms with E-state index in [1.165, 1.54) is 11.8 Å². The highest BCUT2D eigenvalue weighted by Crippen LogP contribution is 2.36. The van der Waals surface area contributed by atoms with Crippen LogP contribution in [0.15, 0.2) is 35.5 Å². The molecule has 160 valence electrons. The quantitative estimate of drug-likeness (QED) is 0.457. The van der Waals surface area contributed by atoms with E-state index in [0.29, 0.717) is 11.1 Å². The van der Waals surface area contributed by atoms with E-state index in [4.69, 9.17) is 0 Å². The zero-order valence-corrected chi connectivity index (χ0v) is 18.8. The van der Waals surface area contributed by atoms with Crippen LogP contribution in [0.3, 0.4) is 0 Å². The Kier molecular flexibility index (Phi) is 8.66. The molecular weight excluding hydrogens is 410 g/mol. The number of nitrogens with one attached hydrogen (secondary N) is 2. The summed E-state index contributed by atoms with van der Waals surface area (Å²) in [7, 11) is -3.54. The summed E-state index contributed by atoms with van der Waals surface area (Å²) in [5, 5.41) is 13.3. The maximum atomic E-state index is 11.7.